The van der Waals surface area contributed by atoms with Crippen LogP contribution in [-0.4, -0.2) is 31.4 Å². The largest absolute Gasteiger partial charge is 0.360 e. The maximum absolute atomic E-state index is 12.3. The second-order valence-corrected chi connectivity index (χ2v) is 7.07. The van der Waals surface area contributed by atoms with E-state index in [0.29, 0.717) is 11.4 Å². The van der Waals surface area contributed by atoms with Crippen molar-refractivity contribution in [2.45, 2.75) is 31.7 Å². The number of carbonyl (C=O) groups is 2. The molecule has 0 spiro atoms. The van der Waals surface area contributed by atoms with Crippen molar-refractivity contribution in [3.63, 3.8) is 0 Å². The van der Waals surface area contributed by atoms with Crippen molar-refractivity contribution in [2.24, 2.45) is 0 Å². The van der Waals surface area contributed by atoms with Gasteiger partial charge in [-0.05, 0) is 38.1 Å². The lowest BCUT2D eigenvalue weighted by Crippen LogP contribution is -2.41. The molecular weight excluding hydrogens is 348 g/mol. The third-order valence-corrected chi connectivity index (χ3v) is 4.65. The number of anilines is 2. The Morgan fingerprint density at radius 3 is 2.32 bits per heavy atom. The van der Waals surface area contributed by atoms with Gasteiger partial charge in [-0.3, -0.25) is 9.59 Å². The van der Waals surface area contributed by atoms with Gasteiger partial charge in [0.05, 0.1) is 10.9 Å². The molecule has 25 heavy (non-hydrogen) atoms. The maximum atomic E-state index is 12.3. The zero-order chi connectivity index (χ0) is 18.6. The number of hydrogen-bond acceptors (Lipinski definition) is 6. The molecule has 1 heterocycles. The molecule has 9 nitrogen and oxygen atoms in total. The van der Waals surface area contributed by atoms with Crippen molar-refractivity contribution in [3.05, 3.63) is 36.1 Å². The van der Waals surface area contributed by atoms with E-state index < -0.39 is 22.0 Å². The molecule has 1 aromatic heterocycles. The smallest absolute Gasteiger partial charge is 0.243 e. The highest BCUT2D eigenvalue weighted by atomic mass is 32.2. The van der Waals surface area contributed by atoms with E-state index in [1.54, 1.807) is 6.92 Å². The molecular formula is C15H18N4O5S. The lowest BCUT2D eigenvalue weighted by molar-refractivity contribution is -0.117. The molecule has 10 heteroatoms. The number of hydrogen-bond donors (Lipinski definition) is 3. The van der Waals surface area contributed by atoms with E-state index in [2.05, 4.69) is 20.5 Å². The van der Waals surface area contributed by atoms with Crippen LogP contribution in [0.3, 0.4) is 0 Å². The average Bonchev–Trinajstić information content (AvgIpc) is 2.91. The van der Waals surface area contributed by atoms with Crippen molar-refractivity contribution in [1.29, 1.82) is 0 Å². The molecule has 0 aliphatic heterocycles. The zero-order valence-corrected chi connectivity index (χ0v) is 14.7. The summed E-state index contributed by atoms with van der Waals surface area (Å²) >= 11 is 0. The van der Waals surface area contributed by atoms with Crippen LogP contribution < -0.4 is 15.4 Å². The van der Waals surface area contributed by atoms with Crippen molar-refractivity contribution >= 4 is 33.3 Å². The lowest BCUT2D eigenvalue weighted by atomic mass is 10.3. The molecule has 0 unspecified atom stereocenters. The van der Waals surface area contributed by atoms with E-state index in [4.69, 9.17) is 4.52 Å². The highest BCUT2D eigenvalue weighted by Crippen LogP contribution is 2.15. The third-order valence-electron chi connectivity index (χ3n) is 3.09. The number of benzene rings is 1. The molecule has 0 radical (unpaired) electrons. The summed E-state index contributed by atoms with van der Waals surface area (Å²) in [6.07, 6.45) is 0. The zero-order valence-electron chi connectivity index (χ0n) is 13.9. The molecule has 2 aromatic rings. The van der Waals surface area contributed by atoms with Gasteiger partial charge in [0, 0.05) is 18.7 Å². The van der Waals surface area contributed by atoms with Crippen LogP contribution in [0.2, 0.25) is 0 Å². The van der Waals surface area contributed by atoms with E-state index in [1.165, 1.54) is 44.2 Å². The van der Waals surface area contributed by atoms with E-state index in [1.807, 2.05) is 0 Å². The van der Waals surface area contributed by atoms with Crippen molar-refractivity contribution in [3.8, 4) is 0 Å². The first-order valence-electron chi connectivity index (χ1n) is 7.31. The van der Waals surface area contributed by atoms with Crippen molar-refractivity contribution in [2.75, 3.05) is 10.6 Å². The van der Waals surface area contributed by atoms with Crippen LogP contribution in [0.25, 0.3) is 0 Å². The number of aromatic nitrogens is 1. The summed E-state index contributed by atoms with van der Waals surface area (Å²) in [6, 6.07) is 6.06. The highest BCUT2D eigenvalue weighted by molar-refractivity contribution is 7.89. The van der Waals surface area contributed by atoms with Crippen LogP contribution in [0.1, 0.15) is 19.6 Å². The van der Waals surface area contributed by atoms with Crippen LogP contribution in [-0.2, 0) is 19.6 Å². The second-order valence-electron chi connectivity index (χ2n) is 5.36. The highest BCUT2D eigenvalue weighted by Gasteiger charge is 2.22. The molecule has 0 fully saturated rings. The SMILES string of the molecule is CC(=O)Nc1ccc(S(=O)(=O)N[C@@H](C)C(=O)Nc2cc(C)on2)cc1. The van der Waals surface area contributed by atoms with Gasteiger partial charge in [-0.15, -0.1) is 0 Å². The van der Waals surface area contributed by atoms with E-state index in [9.17, 15) is 18.0 Å². The maximum Gasteiger partial charge on any atom is 0.243 e. The topological polar surface area (TPSA) is 130 Å². The van der Waals surface area contributed by atoms with Gasteiger partial charge >= 0.3 is 0 Å². The summed E-state index contributed by atoms with van der Waals surface area (Å²) in [5.74, 6) is -0.120. The summed E-state index contributed by atoms with van der Waals surface area (Å²) in [5, 5.41) is 8.59. The first-order valence-corrected chi connectivity index (χ1v) is 8.80. The Balaban J connectivity index is 2.03. The van der Waals surface area contributed by atoms with Crippen LogP contribution in [0.4, 0.5) is 11.5 Å². The second kappa shape index (κ2) is 7.45. The Labute approximate surface area is 144 Å². The minimum atomic E-state index is -3.90. The van der Waals surface area contributed by atoms with Gasteiger partial charge in [-0.2, -0.15) is 4.72 Å². The molecule has 134 valence electrons. The summed E-state index contributed by atoms with van der Waals surface area (Å²) in [5.41, 5.74) is 0.471. The standard InChI is InChI=1S/C15H18N4O5S/c1-9-8-14(18-24-9)17-15(21)10(2)19-25(22,23)13-6-4-12(5-7-13)16-11(3)20/h4-8,10,19H,1-3H3,(H,16,20)(H,17,18,21)/t10-/m0/s1. The summed E-state index contributed by atoms with van der Waals surface area (Å²) < 4.78 is 31.7. The third kappa shape index (κ3) is 5.13. The molecule has 1 aromatic carbocycles. The quantitative estimate of drug-likeness (QED) is 0.705. The predicted molar refractivity (Wildman–Crippen MR) is 90.4 cm³/mol. The van der Waals surface area contributed by atoms with Gasteiger partial charge in [-0.1, -0.05) is 5.16 Å². The fraction of sp³-hybridized carbons (Fsp3) is 0.267. The van der Waals surface area contributed by atoms with Gasteiger partial charge < -0.3 is 15.2 Å². The Bertz CT molecular complexity index is 874. The number of sulfonamides is 1. The Kier molecular flexibility index (Phi) is 5.55. The average molecular weight is 366 g/mol. The monoisotopic (exact) mass is 366 g/mol. The molecule has 0 bridgehead atoms. The van der Waals surface area contributed by atoms with Crippen molar-refractivity contribution in [1.82, 2.24) is 9.88 Å². The Hall–Kier alpha value is -2.72. The Morgan fingerprint density at radius 2 is 1.80 bits per heavy atom. The number of nitrogens with zero attached hydrogens (tertiary/aromatic N) is 1. The van der Waals surface area contributed by atoms with Gasteiger partial charge in [-0.25, -0.2) is 8.42 Å². The fourth-order valence-corrected chi connectivity index (χ4v) is 3.14. The number of nitrogens with one attached hydrogen (secondary N) is 3. The molecule has 0 saturated heterocycles. The Morgan fingerprint density at radius 1 is 1.16 bits per heavy atom. The number of carbonyl (C=O) groups excluding carboxylic acids is 2. The van der Waals surface area contributed by atoms with Gasteiger partial charge in [0.25, 0.3) is 0 Å². The minimum Gasteiger partial charge on any atom is -0.360 e. The van der Waals surface area contributed by atoms with Crippen LogP contribution in [0, 0.1) is 6.92 Å². The fourth-order valence-electron chi connectivity index (χ4n) is 1.93. The normalized spacial score (nSPS) is 12.4. The summed E-state index contributed by atoms with van der Waals surface area (Å²) in [7, 11) is -3.90. The summed E-state index contributed by atoms with van der Waals surface area (Å²) in [4.78, 5) is 23.0. The summed E-state index contributed by atoms with van der Waals surface area (Å²) in [6.45, 7) is 4.42. The van der Waals surface area contributed by atoms with Gasteiger partial charge in [0.2, 0.25) is 21.8 Å². The van der Waals surface area contributed by atoms with Crippen LogP contribution in [0.5, 0.6) is 0 Å². The number of amides is 2. The predicted octanol–water partition coefficient (Wildman–Crippen LogP) is 1.25. The molecule has 1 atom stereocenters. The van der Waals surface area contributed by atoms with Crippen LogP contribution >= 0.6 is 0 Å². The number of aryl methyl sites for hydroxylation is 1. The first-order chi connectivity index (χ1) is 11.7. The minimum absolute atomic E-state index is 0.0291. The van der Waals surface area contributed by atoms with E-state index >= 15 is 0 Å². The molecule has 0 saturated carbocycles. The molecule has 2 amide bonds. The van der Waals surface area contributed by atoms with Gasteiger partial charge in [0.1, 0.15) is 5.76 Å². The van der Waals surface area contributed by atoms with Crippen LogP contribution in [0.15, 0.2) is 39.8 Å². The molecule has 0 aliphatic rings. The molecule has 2 rings (SSSR count). The molecule has 0 aliphatic carbocycles. The van der Waals surface area contributed by atoms with Crippen molar-refractivity contribution < 1.29 is 22.5 Å². The van der Waals surface area contributed by atoms with Gasteiger partial charge in [0.15, 0.2) is 5.82 Å². The number of rotatable bonds is 6. The first kappa shape index (κ1) is 18.6. The molecule has 3 N–H and O–H groups in total. The lowest BCUT2D eigenvalue weighted by Gasteiger charge is -2.13. The van der Waals surface area contributed by atoms with E-state index in [0.717, 1.165) is 0 Å². The van der Waals surface area contributed by atoms with E-state index in [-0.39, 0.29) is 16.6 Å².